The quantitative estimate of drug-likeness (QED) is 0.731. The van der Waals surface area contributed by atoms with E-state index in [2.05, 4.69) is 0 Å². The molecule has 0 amide bonds. The number of aryl methyl sites for hydroxylation is 1. The van der Waals surface area contributed by atoms with Crippen LogP contribution in [0.3, 0.4) is 0 Å². The van der Waals surface area contributed by atoms with Crippen LogP contribution in [0.2, 0.25) is 0 Å². The molecule has 0 atom stereocenters. The van der Waals surface area contributed by atoms with Gasteiger partial charge in [0.15, 0.2) is 6.29 Å². The normalized spacial score (nSPS) is 10.4. The lowest BCUT2D eigenvalue weighted by Crippen LogP contribution is -2.06. The molecule has 2 N–H and O–H groups in total. The maximum Gasteiger partial charge on any atom is 0.340 e. The molecule has 0 aromatic heterocycles. The van der Waals surface area contributed by atoms with Crippen molar-refractivity contribution < 1.29 is 29.3 Å². The van der Waals surface area contributed by atoms with Gasteiger partial charge in [-0.05, 0) is 36.2 Å². The third-order valence-corrected chi connectivity index (χ3v) is 4.80. The molecule has 0 unspecified atom stereocenters. The number of rotatable bonds is 7. The number of ether oxygens (including phenoxy) is 2. The third kappa shape index (κ3) is 3.78. The number of benzene rings is 2. The highest BCUT2D eigenvalue weighted by molar-refractivity contribution is 7.99. The van der Waals surface area contributed by atoms with E-state index in [0.29, 0.717) is 27.4 Å². The van der Waals surface area contributed by atoms with Gasteiger partial charge < -0.3 is 19.7 Å². The first-order chi connectivity index (χ1) is 12.0. The molecular weight excluding hydrogens is 344 g/mol. The van der Waals surface area contributed by atoms with Gasteiger partial charge in [0, 0.05) is 4.90 Å². The van der Waals surface area contributed by atoms with Crippen molar-refractivity contribution in [2.75, 3.05) is 14.2 Å². The number of carbonyl (C=O) groups excluding carboxylic acids is 1. The van der Waals surface area contributed by atoms with Crippen molar-refractivity contribution in [2.45, 2.75) is 23.3 Å². The van der Waals surface area contributed by atoms with Gasteiger partial charge in [0.25, 0.3) is 0 Å². The SMILES string of the molecule is COc1cc(C)cc(CO)c1Sc1ccc(C=O)c(OC)c1C(=O)O. The third-order valence-electron chi connectivity index (χ3n) is 3.57. The van der Waals surface area contributed by atoms with E-state index in [1.54, 1.807) is 12.1 Å². The summed E-state index contributed by atoms with van der Waals surface area (Å²) in [5.74, 6) is -0.673. The lowest BCUT2D eigenvalue weighted by atomic mass is 10.1. The lowest BCUT2D eigenvalue weighted by molar-refractivity contribution is 0.0689. The van der Waals surface area contributed by atoms with Crippen LogP contribution in [-0.2, 0) is 6.61 Å². The predicted octanol–water partition coefficient (Wildman–Crippen LogP) is 3.17. The van der Waals surface area contributed by atoms with Gasteiger partial charge in [-0.2, -0.15) is 0 Å². The molecule has 0 heterocycles. The summed E-state index contributed by atoms with van der Waals surface area (Å²) in [6, 6.07) is 6.65. The van der Waals surface area contributed by atoms with Crippen LogP contribution in [0.5, 0.6) is 11.5 Å². The first kappa shape index (κ1) is 18.8. The van der Waals surface area contributed by atoms with Crippen molar-refractivity contribution in [1.29, 1.82) is 0 Å². The van der Waals surface area contributed by atoms with Crippen LogP contribution in [0.1, 0.15) is 31.8 Å². The Hall–Kier alpha value is -2.51. The molecule has 25 heavy (non-hydrogen) atoms. The number of carboxylic acids is 1. The van der Waals surface area contributed by atoms with Gasteiger partial charge in [-0.25, -0.2) is 4.79 Å². The van der Waals surface area contributed by atoms with Gasteiger partial charge in [-0.3, -0.25) is 4.79 Å². The highest BCUT2D eigenvalue weighted by Gasteiger charge is 2.22. The molecule has 0 aliphatic heterocycles. The molecule has 6 nitrogen and oxygen atoms in total. The van der Waals surface area contributed by atoms with Gasteiger partial charge in [-0.15, -0.1) is 0 Å². The number of aromatic carboxylic acids is 1. The largest absolute Gasteiger partial charge is 0.496 e. The second-order valence-electron chi connectivity index (χ2n) is 5.20. The van der Waals surface area contributed by atoms with Crippen molar-refractivity contribution in [3.8, 4) is 11.5 Å². The number of aliphatic hydroxyl groups excluding tert-OH is 1. The molecule has 7 heteroatoms. The molecule has 2 rings (SSSR count). The molecule has 0 aliphatic carbocycles. The summed E-state index contributed by atoms with van der Waals surface area (Å²) in [6.07, 6.45) is 0.547. The van der Waals surface area contributed by atoms with Crippen LogP contribution in [-0.4, -0.2) is 36.7 Å². The van der Waals surface area contributed by atoms with Gasteiger partial charge in [0.2, 0.25) is 0 Å². The number of aliphatic hydroxyl groups is 1. The lowest BCUT2D eigenvalue weighted by Gasteiger charge is -2.16. The fourth-order valence-corrected chi connectivity index (χ4v) is 3.62. The zero-order valence-corrected chi connectivity index (χ0v) is 14.8. The predicted molar refractivity (Wildman–Crippen MR) is 93.1 cm³/mol. The second kappa shape index (κ2) is 8.04. The molecule has 132 valence electrons. The Morgan fingerprint density at radius 2 is 1.96 bits per heavy atom. The van der Waals surface area contributed by atoms with Gasteiger partial charge in [0.05, 0.1) is 31.3 Å². The summed E-state index contributed by atoms with van der Waals surface area (Å²) in [5, 5.41) is 19.2. The Bertz CT molecular complexity index is 790. The number of methoxy groups -OCH3 is 2. The first-order valence-corrected chi connectivity index (χ1v) is 8.14. The molecule has 0 aliphatic rings. The van der Waals surface area contributed by atoms with Crippen molar-refractivity contribution in [2.24, 2.45) is 0 Å². The number of hydrogen-bond donors (Lipinski definition) is 2. The van der Waals surface area contributed by atoms with Crippen LogP contribution in [0, 0.1) is 6.92 Å². The Balaban J connectivity index is 2.66. The Kier molecular flexibility index (Phi) is 6.06. The zero-order valence-electron chi connectivity index (χ0n) is 14.0. The minimum Gasteiger partial charge on any atom is -0.496 e. The van der Waals surface area contributed by atoms with E-state index >= 15 is 0 Å². The molecule has 0 bridgehead atoms. The van der Waals surface area contributed by atoms with E-state index in [1.165, 1.54) is 20.3 Å². The highest BCUT2D eigenvalue weighted by Crippen LogP contribution is 2.42. The average Bonchev–Trinajstić information content (AvgIpc) is 2.61. The van der Waals surface area contributed by atoms with Crippen molar-refractivity contribution >= 4 is 24.0 Å². The number of hydrogen-bond acceptors (Lipinski definition) is 6. The monoisotopic (exact) mass is 362 g/mol. The molecule has 0 saturated heterocycles. The number of aldehydes is 1. The fraction of sp³-hybridized carbons (Fsp3) is 0.222. The number of carboxylic acid groups (broad SMARTS) is 1. The number of carbonyl (C=O) groups is 2. The maximum atomic E-state index is 11.7. The molecule has 2 aromatic rings. The van der Waals surface area contributed by atoms with E-state index in [9.17, 15) is 19.8 Å². The van der Waals surface area contributed by atoms with Gasteiger partial charge in [-0.1, -0.05) is 17.8 Å². The molecule has 0 fully saturated rings. The van der Waals surface area contributed by atoms with E-state index in [1.807, 2.05) is 13.0 Å². The van der Waals surface area contributed by atoms with E-state index in [-0.39, 0.29) is 23.5 Å². The molecule has 0 saturated carbocycles. The summed E-state index contributed by atoms with van der Waals surface area (Å²) in [5.41, 5.74) is 1.58. The van der Waals surface area contributed by atoms with E-state index < -0.39 is 5.97 Å². The topological polar surface area (TPSA) is 93.1 Å². The average molecular weight is 362 g/mol. The van der Waals surface area contributed by atoms with Crippen molar-refractivity contribution in [3.05, 3.63) is 46.5 Å². The molecule has 2 aromatic carbocycles. The summed E-state index contributed by atoms with van der Waals surface area (Å²) in [6.45, 7) is 1.66. The van der Waals surface area contributed by atoms with E-state index in [4.69, 9.17) is 9.47 Å². The standard InChI is InChI=1S/C18H18O6S/c1-10-6-12(9-20)17(13(7-10)23-2)25-14-5-4-11(8-19)16(24-3)15(14)18(21)22/h4-8,20H,9H2,1-3H3,(H,21,22). The van der Waals surface area contributed by atoms with Crippen LogP contribution in [0.4, 0.5) is 0 Å². The summed E-state index contributed by atoms with van der Waals surface area (Å²) >= 11 is 1.14. The summed E-state index contributed by atoms with van der Waals surface area (Å²) in [4.78, 5) is 23.9. The molecule has 0 radical (unpaired) electrons. The first-order valence-electron chi connectivity index (χ1n) is 7.32. The van der Waals surface area contributed by atoms with E-state index in [0.717, 1.165) is 17.3 Å². The molecular formula is C18H18O6S. The fourth-order valence-electron chi connectivity index (χ4n) is 2.49. The Morgan fingerprint density at radius 3 is 2.48 bits per heavy atom. The minimum atomic E-state index is -1.21. The van der Waals surface area contributed by atoms with Crippen LogP contribution < -0.4 is 9.47 Å². The highest BCUT2D eigenvalue weighted by atomic mass is 32.2. The maximum absolute atomic E-state index is 11.7. The molecule has 0 spiro atoms. The van der Waals surface area contributed by atoms with Crippen LogP contribution in [0.15, 0.2) is 34.1 Å². The smallest absolute Gasteiger partial charge is 0.340 e. The van der Waals surface area contributed by atoms with Gasteiger partial charge >= 0.3 is 5.97 Å². The summed E-state index contributed by atoms with van der Waals surface area (Å²) in [7, 11) is 2.82. The van der Waals surface area contributed by atoms with Crippen LogP contribution in [0.25, 0.3) is 0 Å². The minimum absolute atomic E-state index is 0.00382. The Labute approximate surface area is 149 Å². The zero-order chi connectivity index (χ0) is 18.6. The van der Waals surface area contributed by atoms with Crippen LogP contribution >= 0.6 is 11.8 Å². The van der Waals surface area contributed by atoms with Crippen molar-refractivity contribution in [3.63, 3.8) is 0 Å². The summed E-state index contributed by atoms with van der Waals surface area (Å²) < 4.78 is 10.5. The van der Waals surface area contributed by atoms with Crippen molar-refractivity contribution in [1.82, 2.24) is 0 Å². The Morgan fingerprint density at radius 1 is 1.24 bits per heavy atom. The second-order valence-corrected chi connectivity index (χ2v) is 6.25. The van der Waals surface area contributed by atoms with Gasteiger partial charge in [0.1, 0.15) is 17.1 Å².